The van der Waals surface area contributed by atoms with Gasteiger partial charge in [0.05, 0.1) is 23.0 Å². The van der Waals surface area contributed by atoms with Gasteiger partial charge in [0, 0.05) is 36.8 Å². The van der Waals surface area contributed by atoms with Crippen LogP contribution in [-0.2, 0) is 22.3 Å². The molecule has 1 fully saturated rings. The summed E-state index contributed by atoms with van der Waals surface area (Å²) in [4.78, 5) is 9.09. The molecule has 0 amide bonds. The van der Waals surface area contributed by atoms with Crippen molar-refractivity contribution in [2.24, 2.45) is 5.92 Å². The Morgan fingerprint density at radius 2 is 2.10 bits per heavy atom. The lowest BCUT2D eigenvalue weighted by Gasteiger charge is -2.18. The van der Waals surface area contributed by atoms with Crippen molar-refractivity contribution in [3.63, 3.8) is 0 Å². The summed E-state index contributed by atoms with van der Waals surface area (Å²) in [6.07, 6.45) is 4.36. The molecule has 1 aromatic carbocycles. The van der Waals surface area contributed by atoms with Crippen LogP contribution in [-0.4, -0.2) is 40.3 Å². The van der Waals surface area contributed by atoms with Crippen LogP contribution in [0.5, 0.6) is 0 Å². The molecular formula is C21H25ClN4O2S. The van der Waals surface area contributed by atoms with Gasteiger partial charge in [-0.15, -0.1) is 0 Å². The van der Waals surface area contributed by atoms with Crippen LogP contribution < -0.4 is 0 Å². The SMILES string of the molecule is CC(C)Cn1c([C@@H]2CCN(S(=O)(=O)Cc3cccc(Cl)c3)C2)nc2ccncc21. The van der Waals surface area contributed by atoms with Crippen molar-refractivity contribution in [3.8, 4) is 0 Å². The summed E-state index contributed by atoms with van der Waals surface area (Å²) in [5, 5.41) is 0.549. The highest BCUT2D eigenvalue weighted by Gasteiger charge is 2.34. The number of rotatable bonds is 6. The van der Waals surface area contributed by atoms with E-state index < -0.39 is 10.0 Å². The fraction of sp³-hybridized carbons (Fsp3) is 0.429. The second-order valence-electron chi connectivity index (χ2n) is 8.07. The zero-order chi connectivity index (χ0) is 20.6. The minimum absolute atomic E-state index is 0.0351. The first kappa shape index (κ1) is 20.3. The molecule has 6 nitrogen and oxygen atoms in total. The lowest BCUT2D eigenvalue weighted by molar-refractivity contribution is 0.462. The summed E-state index contributed by atoms with van der Waals surface area (Å²) >= 11 is 6.01. The van der Waals surface area contributed by atoms with Crippen LogP contribution in [0, 0.1) is 5.92 Å². The highest BCUT2D eigenvalue weighted by molar-refractivity contribution is 7.88. The third-order valence-corrected chi connectivity index (χ3v) is 7.33. The minimum Gasteiger partial charge on any atom is -0.326 e. The molecule has 29 heavy (non-hydrogen) atoms. The second-order valence-corrected chi connectivity index (χ2v) is 10.5. The van der Waals surface area contributed by atoms with Gasteiger partial charge in [0.2, 0.25) is 10.0 Å². The molecule has 1 aliphatic rings. The fourth-order valence-corrected chi connectivity index (χ4v) is 5.76. The zero-order valence-corrected chi connectivity index (χ0v) is 18.2. The van der Waals surface area contributed by atoms with Gasteiger partial charge in [0.1, 0.15) is 5.82 Å². The van der Waals surface area contributed by atoms with Crippen LogP contribution in [0.2, 0.25) is 5.02 Å². The molecule has 0 radical (unpaired) electrons. The van der Waals surface area contributed by atoms with Gasteiger partial charge in [-0.05, 0) is 36.1 Å². The van der Waals surface area contributed by atoms with Crippen molar-refractivity contribution in [1.82, 2.24) is 18.8 Å². The number of aromatic nitrogens is 3. The van der Waals surface area contributed by atoms with E-state index in [1.54, 1.807) is 34.8 Å². The molecule has 2 aromatic heterocycles. The normalized spacial score (nSPS) is 18.1. The van der Waals surface area contributed by atoms with Gasteiger partial charge in [-0.1, -0.05) is 37.6 Å². The van der Waals surface area contributed by atoms with Crippen molar-refractivity contribution >= 4 is 32.7 Å². The number of hydrogen-bond donors (Lipinski definition) is 0. The number of sulfonamides is 1. The topological polar surface area (TPSA) is 68.1 Å². The van der Waals surface area contributed by atoms with Gasteiger partial charge in [-0.25, -0.2) is 17.7 Å². The van der Waals surface area contributed by atoms with E-state index in [1.807, 2.05) is 12.3 Å². The van der Waals surface area contributed by atoms with Crippen molar-refractivity contribution in [3.05, 3.63) is 59.1 Å². The summed E-state index contributed by atoms with van der Waals surface area (Å²) in [7, 11) is -3.41. The van der Waals surface area contributed by atoms with Crippen molar-refractivity contribution in [2.45, 2.75) is 38.5 Å². The second kappa shape index (κ2) is 8.05. The van der Waals surface area contributed by atoms with E-state index >= 15 is 0 Å². The van der Waals surface area contributed by atoms with Gasteiger partial charge in [-0.2, -0.15) is 0 Å². The summed E-state index contributed by atoms with van der Waals surface area (Å²) in [6, 6.07) is 8.95. The number of pyridine rings is 1. The maximum Gasteiger partial charge on any atom is 0.218 e. The van der Waals surface area contributed by atoms with Crippen LogP contribution in [0.3, 0.4) is 0 Å². The maximum absolute atomic E-state index is 13.0. The molecule has 1 atom stereocenters. The first-order chi connectivity index (χ1) is 13.8. The Labute approximate surface area is 176 Å². The molecule has 0 bridgehead atoms. The monoisotopic (exact) mass is 432 g/mol. The Bertz CT molecular complexity index is 1130. The number of benzene rings is 1. The molecule has 3 heterocycles. The molecule has 3 aromatic rings. The van der Waals surface area contributed by atoms with E-state index in [0.717, 1.165) is 29.8 Å². The van der Waals surface area contributed by atoms with Gasteiger partial charge in [-0.3, -0.25) is 4.98 Å². The maximum atomic E-state index is 13.0. The zero-order valence-electron chi connectivity index (χ0n) is 16.6. The van der Waals surface area contributed by atoms with E-state index in [2.05, 4.69) is 23.4 Å². The first-order valence-electron chi connectivity index (χ1n) is 9.86. The molecule has 1 saturated heterocycles. The largest absolute Gasteiger partial charge is 0.326 e. The van der Waals surface area contributed by atoms with Gasteiger partial charge in [0.15, 0.2) is 0 Å². The van der Waals surface area contributed by atoms with Crippen molar-refractivity contribution in [1.29, 1.82) is 0 Å². The smallest absolute Gasteiger partial charge is 0.218 e. The van der Waals surface area contributed by atoms with E-state index in [0.29, 0.717) is 29.6 Å². The molecule has 1 aliphatic heterocycles. The molecule has 0 spiro atoms. The Morgan fingerprint density at radius 3 is 2.86 bits per heavy atom. The number of hydrogen-bond acceptors (Lipinski definition) is 4. The lowest BCUT2D eigenvalue weighted by atomic mass is 10.1. The summed E-state index contributed by atoms with van der Waals surface area (Å²) < 4.78 is 29.7. The molecule has 0 saturated carbocycles. The highest BCUT2D eigenvalue weighted by Crippen LogP contribution is 2.32. The molecule has 154 valence electrons. The van der Waals surface area contributed by atoms with E-state index in [4.69, 9.17) is 16.6 Å². The van der Waals surface area contributed by atoms with Crippen LogP contribution in [0.1, 0.15) is 37.6 Å². The Morgan fingerprint density at radius 1 is 1.28 bits per heavy atom. The number of imidazole rings is 1. The predicted octanol–water partition coefficient (Wildman–Crippen LogP) is 4.06. The van der Waals surface area contributed by atoms with Crippen molar-refractivity contribution < 1.29 is 8.42 Å². The third-order valence-electron chi connectivity index (χ3n) is 5.28. The molecule has 0 aliphatic carbocycles. The summed E-state index contributed by atoms with van der Waals surface area (Å²) in [5.41, 5.74) is 2.63. The molecule has 0 N–H and O–H groups in total. The number of fused-ring (bicyclic) bond motifs is 1. The summed E-state index contributed by atoms with van der Waals surface area (Å²) in [6.45, 7) is 6.14. The van der Waals surface area contributed by atoms with Crippen molar-refractivity contribution in [2.75, 3.05) is 13.1 Å². The van der Waals surface area contributed by atoms with Gasteiger partial charge in [0.25, 0.3) is 0 Å². The summed E-state index contributed by atoms with van der Waals surface area (Å²) in [5.74, 6) is 1.46. The molecule has 8 heteroatoms. The number of nitrogens with zero attached hydrogens (tertiary/aromatic N) is 4. The lowest BCUT2D eigenvalue weighted by Crippen LogP contribution is -2.30. The fourth-order valence-electron chi connectivity index (χ4n) is 3.98. The van der Waals surface area contributed by atoms with E-state index in [9.17, 15) is 8.42 Å². The van der Waals surface area contributed by atoms with Crippen LogP contribution in [0.15, 0.2) is 42.7 Å². The molecule has 0 unspecified atom stereocenters. The first-order valence-corrected chi connectivity index (χ1v) is 11.8. The van der Waals surface area contributed by atoms with E-state index in [1.165, 1.54) is 0 Å². The third kappa shape index (κ3) is 4.32. The van der Waals surface area contributed by atoms with E-state index in [-0.39, 0.29) is 11.7 Å². The average molecular weight is 433 g/mol. The Balaban J connectivity index is 1.58. The van der Waals surface area contributed by atoms with Crippen LogP contribution in [0.4, 0.5) is 0 Å². The highest BCUT2D eigenvalue weighted by atomic mass is 35.5. The molecule has 4 rings (SSSR count). The quantitative estimate of drug-likeness (QED) is 0.589. The Kier molecular flexibility index (Phi) is 5.64. The standard InChI is InChI=1S/C21H25ClN4O2S/c1-15(2)12-26-20-11-23-8-6-19(20)24-21(26)17-7-9-25(13-17)29(27,28)14-16-4-3-5-18(22)10-16/h3-6,8,10-11,15,17H,7,9,12-14H2,1-2H3/t17-/m1/s1. The molecular weight excluding hydrogens is 408 g/mol. The van der Waals surface area contributed by atoms with Crippen LogP contribution in [0.25, 0.3) is 11.0 Å². The number of halogens is 1. The Hall–Kier alpha value is -1.96. The average Bonchev–Trinajstić information content (AvgIpc) is 3.27. The van der Waals surface area contributed by atoms with Gasteiger partial charge >= 0.3 is 0 Å². The predicted molar refractivity (Wildman–Crippen MR) is 115 cm³/mol. The van der Waals surface area contributed by atoms with Gasteiger partial charge < -0.3 is 4.57 Å². The minimum atomic E-state index is -3.41. The van der Waals surface area contributed by atoms with Crippen LogP contribution >= 0.6 is 11.6 Å².